The minimum Gasteiger partial charge on any atom is -0.497 e. The van der Waals surface area contributed by atoms with Crippen LogP contribution in [0.15, 0.2) is 23.1 Å². The maximum atomic E-state index is 12.4. The van der Waals surface area contributed by atoms with Gasteiger partial charge in [-0.05, 0) is 62.5 Å². The van der Waals surface area contributed by atoms with E-state index < -0.39 is 10.0 Å². The van der Waals surface area contributed by atoms with Gasteiger partial charge >= 0.3 is 0 Å². The highest BCUT2D eigenvalue weighted by atomic mass is 32.2. The maximum Gasteiger partial charge on any atom is 0.241 e. The summed E-state index contributed by atoms with van der Waals surface area (Å²) < 4.78 is 32.8. The number of sulfonamides is 1. The molecule has 0 amide bonds. The first-order valence-corrected chi connectivity index (χ1v) is 8.95. The van der Waals surface area contributed by atoms with E-state index in [1.165, 1.54) is 0 Å². The molecular formula is C15H24N2O3S. The number of hydrogen-bond acceptors (Lipinski definition) is 4. The lowest BCUT2D eigenvalue weighted by atomic mass is 10.1. The molecule has 0 radical (unpaired) electrons. The minimum atomic E-state index is -3.43. The number of hydrogen-bond donors (Lipinski definition) is 2. The molecule has 1 aromatic carbocycles. The summed E-state index contributed by atoms with van der Waals surface area (Å²) in [5.74, 6) is 0.686. The summed E-state index contributed by atoms with van der Waals surface area (Å²) in [6.07, 6.45) is 3.59. The third-order valence-corrected chi connectivity index (χ3v) is 5.08. The molecule has 2 rings (SSSR count). The Balaban J connectivity index is 2.17. The van der Waals surface area contributed by atoms with Crippen molar-refractivity contribution in [2.24, 2.45) is 0 Å². The highest BCUT2D eigenvalue weighted by molar-refractivity contribution is 7.89. The molecule has 2 N–H and O–H groups in total. The number of methoxy groups -OCH3 is 1. The van der Waals surface area contributed by atoms with Gasteiger partial charge in [0, 0.05) is 6.04 Å². The smallest absolute Gasteiger partial charge is 0.241 e. The van der Waals surface area contributed by atoms with E-state index in [4.69, 9.17) is 4.74 Å². The summed E-state index contributed by atoms with van der Waals surface area (Å²) >= 11 is 0. The van der Waals surface area contributed by atoms with Crippen LogP contribution in [0.25, 0.3) is 0 Å². The zero-order valence-electron chi connectivity index (χ0n) is 12.7. The number of rotatable bonds is 9. The van der Waals surface area contributed by atoms with E-state index in [1.54, 1.807) is 19.2 Å². The lowest BCUT2D eigenvalue weighted by Crippen LogP contribution is -2.27. The van der Waals surface area contributed by atoms with Crippen molar-refractivity contribution in [3.8, 4) is 5.75 Å². The van der Waals surface area contributed by atoms with Gasteiger partial charge in [-0.15, -0.1) is 0 Å². The van der Waals surface area contributed by atoms with E-state index in [0.29, 0.717) is 17.1 Å². The van der Waals surface area contributed by atoms with E-state index in [9.17, 15) is 8.42 Å². The van der Waals surface area contributed by atoms with Gasteiger partial charge in [0.2, 0.25) is 10.0 Å². The minimum absolute atomic E-state index is 0.114. The van der Waals surface area contributed by atoms with Crippen LogP contribution in [0.3, 0.4) is 0 Å². The van der Waals surface area contributed by atoms with Gasteiger partial charge in [-0.2, -0.15) is 0 Å². The molecule has 1 saturated carbocycles. The Hall–Kier alpha value is -1.11. The Labute approximate surface area is 127 Å². The van der Waals surface area contributed by atoms with Crippen LogP contribution in [0, 0.1) is 0 Å². The Morgan fingerprint density at radius 1 is 1.29 bits per heavy atom. The van der Waals surface area contributed by atoms with Gasteiger partial charge in [0.25, 0.3) is 0 Å². The Morgan fingerprint density at radius 3 is 2.67 bits per heavy atom. The molecule has 0 atom stereocenters. The van der Waals surface area contributed by atoms with E-state index in [2.05, 4.69) is 17.0 Å². The number of benzene rings is 1. The quantitative estimate of drug-likeness (QED) is 0.681. The molecule has 0 heterocycles. The van der Waals surface area contributed by atoms with Crippen molar-refractivity contribution >= 4 is 10.0 Å². The van der Waals surface area contributed by atoms with Crippen molar-refractivity contribution in [3.63, 3.8) is 0 Å². The lowest BCUT2D eigenvalue weighted by molar-refractivity contribution is 0.413. The van der Waals surface area contributed by atoms with E-state index in [-0.39, 0.29) is 6.04 Å². The van der Waals surface area contributed by atoms with Crippen LogP contribution in [0.2, 0.25) is 0 Å². The molecular weight excluding hydrogens is 288 g/mol. The normalized spacial score (nSPS) is 15.1. The van der Waals surface area contributed by atoms with Gasteiger partial charge in [-0.3, -0.25) is 0 Å². The van der Waals surface area contributed by atoms with Crippen LogP contribution in [0.1, 0.15) is 31.7 Å². The first-order valence-electron chi connectivity index (χ1n) is 7.46. The fourth-order valence-electron chi connectivity index (χ4n) is 2.15. The maximum absolute atomic E-state index is 12.4. The third-order valence-electron chi connectivity index (χ3n) is 3.45. The predicted octanol–water partition coefficient (Wildman–Crippen LogP) is 1.68. The van der Waals surface area contributed by atoms with Crippen LogP contribution in [0.5, 0.6) is 5.75 Å². The van der Waals surface area contributed by atoms with Crippen molar-refractivity contribution < 1.29 is 13.2 Å². The second kappa shape index (κ2) is 7.24. The molecule has 0 unspecified atom stereocenters. The highest BCUT2D eigenvalue weighted by Gasteiger charge is 2.29. The Kier molecular flexibility index (Phi) is 5.61. The SMILES string of the molecule is CCCNCCc1cc(OC)ccc1S(=O)(=O)NC1CC1. The van der Waals surface area contributed by atoms with Gasteiger partial charge in [0.05, 0.1) is 12.0 Å². The molecule has 118 valence electrons. The number of ether oxygens (including phenoxy) is 1. The predicted molar refractivity (Wildman–Crippen MR) is 83.2 cm³/mol. The standard InChI is InChI=1S/C15H24N2O3S/c1-3-9-16-10-8-12-11-14(20-2)6-7-15(12)21(18,19)17-13-4-5-13/h6-7,11,13,16-17H,3-5,8-10H2,1-2H3. The molecule has 21 heavy (non-hydrogen) atoms. The summed E-state index contributed by atoms with van der Waals surface area (Å²) in [5.41, 5.74) is 0.797. The molecule has 1 aliphatic rings. The van der Waals surface area contributed by atoms with Gasteiger partial charge in [-0.1, -0.05) is 6.92 Å². The molecule has 0 aromatic heterocycles. The zero-order chi connectivity index (χ0) is 15.3. The summed E-state index contributed by atoms with van der Waals surface area (Å²) in [4.78, 5) is 0.369. The second-order valence-corrected chi connectivity index (χ2v) is 7.05. The van der Waals surface area contributed by atoms with E-state index in [0.717, 1.165) is 37.9 Å². The molecule has 1 aromatic rings. The molecule has 5 nitrogen and oxygen atoms in total. The van der Waals surface area contributed by atoms with Gasteiger partial charge < -0.3 is 10.1 Å². The van der Waals surface area contributed by atoms with Crippen LogP contribution < -0.4 is 14.8 Å². The molecule has 0 saturated heterocycles. The summed E-state index contributed by atoms with van der Waals surface area (Å²) in [6.45, 7) is 3.80. The Morgan fingerprint density at radius 2 is 2.05 bits per heavy atom. The van der Waals surface area contributed by atoms with E-state index >= 15 is 0 Å². The monoisotopic (exact) mass is 312 g/mol. The average molecular weight is 312 g/mol. The van der Waals surface area contributed by atoms with Crippen molar-refractivity contribution in [1.29, 1.82) is 0 Å². The van der Waals surface area contributed by atoms with Crippen molar-refractivity contribution in [2.45, 2.75) is 43.5 Å². The van der Waals surface area contributed by atoms with Gasteiger partial charge in [0.15, 0.2) is 0 Å². The molecule has 6 heteroatoms. The summed E-state index contributed by atoms with van der Waals surface area (Å²) in [7, 11) is -1.84. The molecule has 1 fully saturated rings. The van der Waals surface area contributed by atoms with Crippen molar-refractivity contribution in [1.82, 2.24) is 10.0 Å². The van der Waals surface area contributed by atoms with Crippen LogP contribution in [-0.4, -0.2) is 34.7 Å². The average Bonchev–Trinajstić information content (AvgIpc) is 3.26. The zero-order valence-corrected chi connectivity index (χ0v) is 13.5. The van der Waals surface area contributed by atoms with Crippen molar-refractivity contribution in [3.05, 3.63) is 23.8 Å². The van der Waals surface area contributed by atoms with Crippen LogP contribution >= 0.6 is 0 Å². The molecule has 0 aliphatic heterocycles. The van der Waals surface area contributed by atoms with Crippen LogP contribution in [-0.2, 0) is 16.4 Å². The summed E-state index contributed by atoms with van der Waals surface area (Å²) in [5, 5.41) is 3.30. The topological polar surface area (TPSA) is 67.4 Å². The fraction of sp³-hybridized carbons (Fsp3) is 0.600. The first-order chi connectivity index (χ1) is 10.1. The largest absolute Gasteiger partial charge is 0.497 e. The number of nitrogens with one attached hydrogen (secondary N) is 2. The highest BCUT2D eigenvalue weighted by Crippen LogP contribution is 2.26. The Bertz CT molecular complexity index is 568. The fourth-order valence-corrected chi connectivity index (χ4v) is 3.70. The van der Waals surface area contributed by atoms with Crippen LogP contribution in [0.4, 0.5) is 0 Å². The molecule has 1 aliphatic carbocycles. The molecule has 0 spiro atoms. The van der Waals surface area contributed by atoms with E-state index in [1.807, 2.05) is 6.07 Å². The van der Waals surface area contributed by atoms with Crippen molar-refractivity contribution in [2.75, 3.05) is 20.2 Å². The van der Waals surface area contributed by atoms with Gasteiger partial charge in [0.1, 0.15) is 5.75 Å². The lowest BCUT2D eigenvalue weighted by Gasteiger charge is -2.13. The molecule has 0 bridgehead atoms. The third kappa shape index (κ3) is 4.69. The first kappa shape index (κ1) is 16.3. The van der Waals surface area contributed by atoms with Gasteiger partial charge in [-0.25, -0.2) is 13.1 Å². The second-order valence-electron chi connectivity index (χ2n) is 5.37. The summed E-state index contributed by atoms with van der Waals surface area (Å²) in [6, 6.07) is 5.27.